The summed E-state index contributed by atoms with van der Waals surface area (Å²) in [6.07, 6.45) is 0. The topological polar surface area (TPSA) is 115 Å². The summed E-state index contributed by atoms with van der Waals surface area (Å²) in [5.41, 5.74) is 14.4. The average Bonchev–Trinajstić information content (AvgIpc) is 3.61. The van der Waals surface area contributed by atoms with E-state index in [0.717, 1.165) is 104 Å². The van der Waals surface area contributed by atoms with Crippen LogP contribution in [0.15, 0.2) is 231 Å². The number of nitrogens with zero attached hydrogens (tertiary/aromatic N) is 8. The quantitative estimate of drug-likeness (QED) is 0.165. The zero-order chi connectivity index (χ0) is 52.2. The van der Waals surface area contributed by atoms with Crippen LogP contribution in [-0.2, 0) is 0 Å². The van der Waals surface area contributed by atoms with Crippen LogP contribution in [0.1, 0.15) is 22.3 Å². The minimum atomic E-state index is 0.315. The van der Waals surface area contributed by atoms with E-state index in [1.165, 1.54) is 0 Å². The van der Waals surface area contributed by atoms with E-state index >= 15 is 0 Å². The zero-order valence-electron chi connectivity index (χ0n) is 41.5. The molecule has 4 aromatic heterocycles. The Morgan fingerprint density at radius 1 is 0.218 bits per heavy atom. The van der Waals surface area contributed by atoms with Gasteiger partial charge < -0.3 is 18.3 Å². The molecule has 0 N–H and O–H groups in total. The fraction of sp³-hybridized carbons (Fsp3) is 0. The number of rotatable bonds is 6. The van der Waals surface area contributed by atoms with Crippen LogP contribution in [0.5, 0.6) is 0 Å². The van der Waals surface area contributed by atoms with E-state index in [0.29, 0.717) is 50.2 Å². The van der Waals surface area contributed by atoms with E-state index in [1.807, 2.05) is 24.3 Å². The largest absolute Gasteiger partial charge is 0.308 e. The third-order valence-electron chi connectivity index (χ3n) is 15.6. The van der Waals surface area contributed by atoms with Crippen molar-refractivity contribution in [2.24, 2.45) is 0 Å². The standard InChI is InChI=1S/C70H38N8/c71-39-43-33-44(40-72)36-47(35-43)65-67(75-57-25-9-1-17-49(57)50-18-2-10-26-58(50)75)66(48-37-45(41-73)34-46(38-48)42-74)69(77-61-29-13-5-21-53(61)54-22-6-14-30-62(54)77)70(78-63-31-15-7-23-55(63)56-24-8-16-32-64(56)78)68(65)76-59-27-11-3-19-51(59)52-20-4-12-28-60(52)76/h1-38H. The van der Waals surface area contributed by atoms with Crippen molar-refractivity contribution >= 4 is 87.2 Å². The summed E-state index contributed by atoms with van der Waals surface area (Å²) in [4.78, 5) is 0. The SMILES string of the molecule is N#Cc1cc(C#N)cc(-c2c(-n3c4ccccc4c4ccccc43)c(-c3cc(C#N)cc(C#N)c3)c(-n3c4ccccc4c4ccccc43)c(-n3c4ccccc4c4ccccc43)c2-n2c3ccccc3c3ccccc32)c1. The zero-order valence-corrected chi connectivity index (χ0v) is 41.5. The summed E-state index contributed by atoms with van der Waals surface area (Å²) in [6, 6.07) is 88.4. The van der Waals surface area contributed by atoms with Gasteiger partial charge in [-0.05, 0) is 96.1 Å². The third-order valence-corrected chi connectivity index (χ3v) is 15.6. The van der Waals surface area contributed by atoms with E-state index in [2.05, 4.69) is 237 Å². The van der Waals surface area contributed by atoms with Crippen LogP contribution < -0.4 is 0 Å². The van der Waals surface area contributed by atoms with E-state index in [-0.39, 0.29) is 0 Å². The van der Waals surface area contributed by atoms with Crippen molar-refractivity contribution in [2.75, 3.05) is 0 Å². The molecule has 8 heteroatoms. The molecule has 0 fully saturated rings. The molecule has 0 amide bonds. The van der Waals surface area contributed by atoms with Crippen molar-refractivity contribution in [3.63, 3.8) is 0 Å². The summed E-state index contributed by atoms with van der Waals surface area (Å²) in [5.74, 6) is 0. The highest BCUT2D eigenvalue weighted by Gasteiger charge is 2.36. The van der Waals surface area contributed by atoms with Crippen LogP contribution in [-0.4, -0.2) is 18.3 Å². The van der Waals surface area contributed by atoms with Gasteiger partial charge in [0.15, 0.2) is 0 Å². The number of nitriles is 4. The van der Waals surface area contributed by atoms with Gasteiger partial charge in [0.05, 0.1) is 113 Å². The molecule has 15 rings (SSSR count). The first-order chi connectivity index (χ1) is 38.6. The Balaban J connectivity index is 1.38. The van der Waals surface area contributed by atoms with Crippen molar-refractivity contribution in [2.45, 2.75) is 0 Å². The lowest BCUT2D eigenvalue weighted by Crippen LogP contribution is -2.16. The maximum absolute atomic E-state index is 11.0. The number of para-hydroxylation sites is 8. The van der Waals surface area contributed by atoms with Gasteiger partial charge in [-0.15, -0.1) is 0 Å². The second-order valence-corrected chi connectivity index (χ2v) is 19.7. The smallest absolute Gasteiger partial charge is 0.0992 e. The van der Waals surface area contributed by atoms with Gasteiger partial charge in [0, 0.05) is 54.2 Å². The van der Waals surface area contributed by atoms with Crippen molar-refractivity contribution in [1.29, 1.82) is 21.0 Å². The Morgan fingerprint density at radius 3 is 0.628 bits per heavy atom. The van der Waals surface area contributed by atoms with Crippen LogP contribution >= 0.6 is 0 Å². The number of aromatic nitrogens is 4. The summed E-state index contributed by atoms with van der Waals surface area (Å²) >= 11 is 0. The lowest BCUT2D eigenvalue weighted by molar-refractivity contribution is 1.04. The number of fused-ring (bicyclic) bond motifs is 12. The molecular formula is C70H38N8. The monoisotopic (exact) mass is 990 g/mol. The van der Waals surface area contributed by atoms with Gasteiger partial charge in [-0.25, -0.2) is 0 Å². The average molecular weight is 991 g/mol. The highest BCUT2D eigenvalue weighted by molar-refractivity contribution is 6.18. The molecule has 0 aliphatic carbocycles. The Labute approximate surface area is 446 Å². The summed E-state index contributed by atoms with van der Waals surface area (Å²) < 4.78 is 9.49. The molecule has 15 aromatic rings. The molecule has 8 nitrogen and oxygen atoms in total. The first-order valence-electron chi connectivity index (χ1n) is 25.7. The van der Waals surface area contributed by atoms with Gasteiger partial charge in [-0.1, -0.05) is 146 Å². The van der Waals surface area contributed by atoms with Crippen molar-refractivity contribution in [3.8, 4) is 69.3 Å². The van der Waals surface area contributed by atoms with Crippen molar-refractivity contribution in [3.05, 3.63) is 253 Å². The fourth-order valence-electron chi connectivity index (χ4n) is 12.6. The Hall–Kier alpha value is -11.4. The second kappa shape index (κ2) is 17.1. The van der Waals surface area contributed by atoms with Crippen molar-refractivity contribution < 1.29 is 0 Å². The van der Waals surface area contributed by atoms with Gasteiger partial charge >= 0.3 is 0 Å². The second-order valence-electron chi connectivity index (χ2n) is 19.7. The molecule has 0 spiro atoms. The lowest BCUT2D eigenvalue weighted by Gasteiger charge is -2.31. The van der Waals surface area contributed by atoms with E-state index in [9.17, 15) is 21.0 Å². The predicted molar refractivity (Wildman–Crippen MR) is 314 cm³/mol. The van der Waals surface area contributed by atoms with Crippen molar-refractivity contribution in [1.82, 2.24) is 18.3 Å². The highest BCUT2D eigenvalue weighted by atomic mass is 15.1. The van der Waals surface area contributed by atoms with Crippen LogP contribution in [0.4, 0.5) is 0 Å². The molecule has 78 heavy (non-hydrogen) atoms. The minimum absolute atomic E-state index is 0.315. The molecule has 0 radical (unpaired) electrons. The number of hydrogen-bond acceptors (Lipinski definition) is 4. The maximum atomic E-state index is 11.0. The van der Waals surface area contributed by atoms with Gasteiger partial charge in [-0.2, -0.15) is 21.0 Å². The van der Waals surface area contributed by atoms with E-state index in [4.69, 9.17) is 0 Å². The van der Waals surface area contributed by atoms with Crippen LogP contribution in [0.2, 0.25) is 0 Å². The maximum Gasteiger partial charge on any atom is 0.0992 e. The Kier molecular flexibility index (Phi) is 9.65. The van der Waals surface area contributed by atoms with Gasteiger partial charge in [0.2, 0.25) is 0 Å². The highest BCUT2D eigenvalue weighted by Crippen LogP contribution is 2.55. The predicted octanol–water partition coefficient (Wildman–Crippen LogP) is 16.9. The summed E-state index contributed by atoms with van der Waals surface area (Å²) in [6.45, 7) is 0. The molecule has 0 aliphatic rings. The van der Waals surface area contributed by atoms with Gasteiger partial charge in [-0.3, -0.25) is 0 Å². The lowest BCUT2D eigenvalue weighted by atomic mass is 9.87. The first kappa shape index (κ1) is 44.1. The van der Waals surface area contributed by atoms with Gasteiger partial charge in [0.25, 0.3) is 0 Å². The Bertz CT molecular complexity index is 4790. The summed E-state index contributed by atoms with van der Waals surface area (Å²) in [5, 5.41) is 52.4. The van der Waals surface area contributed by atoms with Crippen LogP contribution in [0.25, 0.3) is 132 Å². The molecule has 0 bridgehead atoms. The Morgan fingerprint density at radius 2 is 0.410 bits per heavy atom. The molecule has 4 heterocycles. The third kappa shape index (κ3) is 6.24. The molecular weight excluding hydrogens is 953 g/mol. The van der Waals surface area contributed by atoms with Crippen LogP contribution in [0.3, 0.4) is 0 Å². The normalized spacial score (nSPS) is 11.5. The van der Waals surface area contributed by atoms with E-state index < -0.39 is 0 Å². The van der Waals surface area contributed by atoms with E-state index in [1.54, 1.807) is 12.1 Å². The summed E-state index contributed by atoms with van der Waals surface area (Å²) in [7, 11) is 0. The van der Waals surface area contributed by atoms with Crippen LogP contribution in [0, 0.1) is 45.3 Å². The molecule has 0 aliphatic heterocycles. The fourth-order valence-corrected chi connectivity index (χ4v) is 12.6. The molecule has 11 aromatic carbocycles. The minimum Gasteiger partial charge on any atom is -0.308 e. The number of hydrogen-bond donors (Lipinski definition) is 0. The molecule has 358 valence electrons. The molecule has 0 saturated heterocycles. The van der Waals surface area contributed by atoms with Gasteiger partial charge in [0.1, 0.15) is 0 Å². The first-order valence-corrected chi connectivity index (χ1v) is 25.7. The molecule has 0 unspecified atom stereocenters. The molecule has 0 atom stereocenters. The molecule has 0 saturated carbocycles. The number of benzene rings is 11.